The summed E-state index contributed by atoms with van der Waals surface area (Å²) in [4.78, 5) is 6.63. The molecule has 0 aromatic carbocycles. The van der Waals surface area contributed by atoms with E-state index >= 15 is 0 Å². The van der Waals surface area contributed by atoms with Crippen LogP contribution in [0.3, 0.4) is 0 Å². The summed E-state index contributed by atoms with van der Waals surface area (Å²) in [6.07, 6.45) is 2.93. The highest BCUT2D eigenvalue weighted by molar-refractivity contribution is 5.66. The number of nitrogen functional groups attached to an aromatic ring is 1. The van der Waals surface area contributed by atoms with Crippen molar-refractivity contribution in [3.05, 3.63) is 17.8 Å². The molecule has 1 heterocycles. The van der Waals surface area contributed by atoms with Crippen molar-refractivity contribution in [2.45, 2.75) is 40.2 Å². The number of pyridine rings is 1. The average molecular weight is 207 g/mol. The molecule has 0 aliphatic carbocycles. The van der Waals surface area contributed by atoms with E-state index < -0.39 is 0 Å². The second kappa shape index (κ2) is 5.01. The molecule has 3 nitrogen and oxygen atoms in total. The molecule has 0 spiro atoms. The maximum absolute atomic E-state index is 6.05. The van der Waals surface area contributed by atoms with Crippen molar-refractivity contribution in [2.24, 2.45) is 0 Å². The zero-order chi connectivity index (χ0) is 11.4. The maximum atomic E-state index is 6.05. The first-order valence-electron chi connectivity index (χ1n) is 5.59. The van der Waals surface area contributed by atoms with Gasteiger partial charge in [-0.2, -0.15) is 0 Å². The van der Waals surface area contributed by atoms with Crippen LogP contribution in [-0.4, -0.2) is 17.6 Å². The Morgan fingerprint density at radius 2 is 2.13 bits per heavy atom. The van der Waals surface area contributed by atoms with Gasteiger partial charge >= 0.3 is 0 Å². The summed E-state index contributed by atoms with van der Waals surface area (Å²) in [5, 5.41) is 0. The molecule has 3 heteroatoms. The molecular weight excluding hydrogens is 186 g/mol. The van der Waals surface area contributed by atoms with E-state index in [4.69, 9.17) is 5.73 Å². The molecule has 0 aliphatic rings. The summed E-state index contributed by atoms with van der Waals surface area (Å²) in [6.45, 7) is 9.47. The van der Waals surface area contributed by atoms with Gasteiger partial charge in [0.1, 0.15) is 0 Å². The van der Waals surface area contributed by atoms with Gasteiger partial charge in [0.05, 0.1) is 5.69 Å². The monoisotopic (exact) mass is 207 g/mol. The fourth-order valence-corrected chi connectivity index (χ4v) is 1.67. The maximum Gasteiger partial charge on any atom is 0.152 e. The Morgan fingerprint density at radius 1 is 1.47 bits per heavy atom. The van der Waals surface area contributed by atoms with E-state index in [2.05, 4.69) is 30.7 Å². The number of hydrogen-bond acceptors (Lipinski definition) is 3. The van der Waals surface area contributed by atoms with Gasteiger partial charge in [0.2, 0.25) is 0 Å². The highest BCUT2D eigenvalue weighted by atomic mass is 15.2. The first kappa shape index (κ1) is 11.8. The number of aromatic nitrogens is 1. The molecule has 0 saturated heterocycles. The minimum absolute atomic E-state index is 0.478. The van der Waals surface area contributed by atoms with Crippen LogP contribution in [-0.2, 0) is 0 Å². The highest BCUT2D eigenvalue weighted by Crippen LogP contribution is 2.25. The van der Waals surface area contributed by atoms with Crippen LogP contribution in [0.1, 0.15) is 32.8 Å². The smallest absolute Gasteiger partial charge is 0.152 e. The molecule has 1 aromatic heterocycles. The number of hydrogen-bond donors (Lipinski definition) is 1. The second-order valence-electron chi connectivity index (χ2n) is 3.91. The third kappa shape index (κ3) is 2.41. The minimum atomic E-state index is 0.478. The van der Waals surface area contributed by atoms with Crippen molar-refractivity contribution in [2.75, 3.05) is 17.2 Å². The number of nitrogens with zero attached hydrogens (tertiary/aromatic N) is 2. The number of nitrogens with two attached hydrogens (primary N) is 1. The van der Waals surface area contributed by atoms with E-state index in [0.717, 1.165) is 30.0 Å². The van der Waals surface area contributed by atoms with Crippen molar-refractivity contribution in [1.29, 1.82) is 0 Å². The van der Waals surface area contributed by atoms with Crippen LogP contribution >= 0.6 is 0 Å². The fourth-order valence-electron chi connectivity index (χ4n) is 1.67. The van der Waals surface area contributed by atoms with E-state index in [-0.39, 0.29) is 0 Å². The molecule has 0 radical (unpaired) electrons. The topological polar surface area (TPSA) is 42.2 Å². The molecular formula is C12H21N3. The first-order valence-corrected chi connectivity index (χ1v) is 5.59. The van der Waals surface area contributed by atoms with Crippen LogP contribution in [0.5, 0.6) is 0 Å². The molecule has 0 saturated carbocycles. The molecule has 2 N–H and O–H groups in total. The van der Waals surface area contributed by atoms with Crippen molar-refractivity contribution in [3.8, 4) is 0 Å². The Labute approximate surface area is 92.3 Å². The second-order valence-corrected chi connectivity index (χ2v) is 3.91. The van der Waals surface area contributed by atoms with Gasteiger partial charge in [0.25, 0.3) is 0 Å². The van der Waals surface area contributed by atoms with Crippen LogP contribution in [0.15, 0.2) is 12.3 Å². The minimum Gasteiger partial charge on any atom is -0.396 e. The Morgan fingerprint density at radius 3 is 2.67 bits per heavy atom. The summed E-state index contributed by atoms with van der Waals surface area (Å²) in [7, 11) is 0. The predicted octanol–water partition coefficient (Wildman–Crippen LogP) is 2.60. The van der Waals surface area contributed by atoms with Gasteiger partial charge in [-0.3, -0.25) is 0 Å². The van der Waals surface area contributed by atoms with Crippen molar-refractivity contribution < 1.29 is 0 Å². The van der Waals surface area contributed by atoms with Gasteiger partial charge in [0.15, 0.2) is 5.82 Å². The third-order valence-electron chi connectivity index (χ3n) is 2.92. The zero-order valence-corrected chi connectivity index (χ0v) is 10.1. The van der Waals surface area contributed by atoms with Gasteiger partial charge in [-0.25, -0.2) is 4.98 Å². The van der Waals surface area contributed by atoms with Gasteiger partial charge in [0, 0.05) is 18.8 Å². The number of anilines is 2. The molecule has 84 valence electrons. The molecule has 0 aliphatic heterocycles. The van der Waals surface area contributed by atoms with Crippen molar-refractivity contribution in [1.82, 2.24) is 4.98 Å². The Balaban J connectivity index is 3.07. The highest BCUT2D eigenvalue weighted by Gasteiger charge is 2.15. The lowest BCUT2D eigenvalue weighted by molar-refractivity contribution is 0.624. The van der Waals surface area contributed by atoms with Crippen molar-refractivity contribution >= 4 is 11.5 Å². The standard InChI is InChI=1S/C12H21N3/c1-5-10(4)15(6-2)12-11(13)9(3)7-8-14-12/h7-8,10H,5-6,13H2,1-4H3. The van der Waals surface area contributed by atoms with E-state index in [1.54, 1.807) is 0 Å². The fraction of sp³-hybridized carbons (Fsp3) is 0.583. The van der Waals surface area contributed by atoms with Gasteiger partial charge in [-0.15, -0.1) is 0 Å². The Kier molecular flexibility index (Phi) is 3.95. The van der Waals surface area contributed by atoms with Gasteiger partial charge < -0.3 is 10.6 Å². The van der Waals surface area contributed by atoms with Crippen LogP contribution in [0.2, 0.25) is 0 Å². The molecule has 1 aromatic rings. The third-order valence-corrected chi connectivity index (χ3v) is 2.92. The largest absolute Gasteiger partial charge is 0.396 e. The number of rotatable bonds is 4. The van der Waals surface area contributed by atoms with Gasteiger partial charge in [-0.1, -0.05) is 6.92 Å². The lowest BCUT2D eigenvalue weighted by Gasteiger charge is -2.29. The van der Waals surface area contributed by atoms with E-state index in [0.29, 0.717) is 6.04 Å². The normalized spacial score (nSPS) is 12.5. The summed E-state index contributed by atoms with van der Waals surface area (Å²) >= 11 is 0. The van der Waals surface area contributed by atoms with Crippen LogP contribution < -0.4 is 10.6 Å². The molecule has 0 fully saturated rings. The summed E-state index contributed by atoms with van der Waals surface area (Å²) in [6, 6.07) is 2.43. The van der Waals surface area contributed by atoms with E-state index in [1.165, 1.54) is 0 Å². The summed E-state index contributed by atoms with van der Waals surface area (Å²) < 4.78 is 0. The summed E-state index contributed by atoms with van der Waals surface area (Å²) in [5.41, 5.74) is 7.95. The first-order chi connectivity index (χ1) is 7.11. The predicted molar refractivity (Wildman–Crippen MR) is 66.2 cm³/mol. The zero-order valence-electron chi connectivity index (χ0n) is 10.1. The van der Waals surface area contributed by atoms with Crippen LogP contribution in [0.25, 0.3) is 0 Å². The van der Waals surface area contributed by atoms with Crippen molar-refractivity contribution in [3.63, 3.8) is 0 Å². The Bertz CT molecular complexity index is 323. The quantitative estimate of drug-likeness (QED) is 0.825. The van der Waals surface area contributed by atoms with E-state index in [1.807, 2.05) is 19.2 Å². The lowest BCUT2D eigenvalue weighted by Crippen LogP contribution is -2.33. The molecule has 1 unspecified atom stereocenters. The molecule has 15 heavy (non-hydrogen) atoms. The van der Waals surface area contributed by atoms with Crippen LogP contribution in [0.4, 0.5) is 11.5 Å². The molecule has 0 amide bonds. The van der Waals surface area contributed by atoms with Gasteiger partial charge in [-0.05, 0) is 38.8 Å². The Hall–Kier alpha value is -1.25. The SMILES string of the molecule is CCC(C)N(CC)c1nccc(C)c1N. The number of aryl methyl sites for hydroxylation is 1. The van der Waals surface area contributed by atoms with E-state index in [9.17, 15) is 0 Å². The molecule has 1 rings (SSSR count). The lowest BCUT2D eigenvalue weighted by atomic mass is 10.2. The van der Waals surface area contributed by atoms with Crippen LogP contribution in [0, 0.1) is 6.92 Å². The average Bonchev–Trinajstić information content (AvgIpc) is 2.24. The summed E-state index contributed by atoms with van der Waals surface area (Å²) in [5.74, 6) is 0.923. The molecule has 0 bridgehead atoms. The molecule has 1 atom stereocenters.